The lowest BCUT2D eigenvalue weighted by Crippen LogP contribution is -2.31. The number of amides is 1. The number of hydrogen-bond acceptors (Lipinski definition) is 2. The number of benzene rings is 1. The van der Waals surface area contributed by atoms with E-state index in [2.05, 4.69) is 21.2 Å². The second-order valence-electron chi connectivity index (χ2n) is 4.30. The number of rotatable bonds is 3. The summed E-state index contributed by atoms with van der Waals surface area (Å²) < 4.78 is 0.923. The molecule has 0 aromatic heterocycles. The van der Waals surface area contributed by atoms with Gasteiger partial charge in [0.15, 0.2) is 0 Å². The topological polar surface area (TPSA) is 66.4 Å². The number of carboxylic acid groups (broad SMARTS) is 1. The molecule has 0 spiro atoms. The summed E-state index contributed by atoms with van der Waals surface area (Å²) in [6, 6.07) is 5.44. The molecule has 17 heavy (non-hydrogen) atoms. The Balaban J connectivity index is 2.17. The van der Waals surface area contributed by atoms with Crippen LogP contribution in [-0.4, -0.2) is 17.0 Å². The first-order valence-corrected chi connectivity index (χ1v) is 6.06. The Bertz CT molecular complexity index is 495. The van der Waals surface area contributed by atoms with Gasteiger partial charge in [-0.3, -0.25) is 9.59 Å². The molecular formula is C12H12BrNO3. The Hall–Kier alpha value is -1.36. The molecule has 0 radical (unpaired) electrons. The zero-order valence-corrected chi connectivity index (χ0v) is 10.9. The van der Waals surface area contributed by atoms with Gasteiger partial charge < -0.3 is 10.4 Å². The molecule has 2 N–H and O–H groups in total. The fourth-order valence-electron chi connectivity index (χ4n) is 1.67. The lowest BCUT2D eigenvalue weighted by atomic mass is 10.1. The van der Waals surface area contributed by atoms with Crippen LogP contribution in [0.15, 0.2) is 22.7 Å². The van der Waals surface area contributed by atoms with E-state index in [1.54, 1.807) is 6.07 Å². The van der Waals surface area contributed by atoms with Crippen molar-refractivity contribution in [3.63, 3.8) is 0 Å². The molecule has 0 heterocycles. The monoisotopic (exact) mass is 297 g/mol. The molecule has 5 heteroatoms. The number of nitrogens with one attached hydrogen (secondary N) is 1. The number of aliphatic carboxylic acids is 1. The Labute approximate surface area is 107 Å². The van der Waals surface area contributed by atoms with Gasteiger partial charge in [0, 0.05) is 10.2 Å². The van der Waals surface area contributed by atoms with Gasteiger partial charge in [-0.2, -0.15) is 0 Å². The predicted molar refractivity (Wildman–Crippen MR) is 66.8 cm³/mol. The molecule has 1 aliphatic carbocycles. The molecule has 0 bridgehead atoms. The number of carboxylic acids is 1. The number of aryl methyl sites for hydroxylation is 1. The van der Waals surface area contributed by atoms with Crippen molar-refractivity contribution in [2.45, 2.75) is 19.8 Å². The van der Waals surface area contributed by atoms with Gasteiger partial charge >= 0.3 is 5.97 Å². The van der Waals surface area contributed by atoms with E-state index in [1.165, 1.54) is 0 Å². The zero-order chi connectivity index (χ0) is 12.6. The van der Waals surface area contributed by atoms with Crippen LogP contribution < -0.4 is 5.32 Å². The molecule has 0 saturated heterocycles. The molecule has 1 aliphatic rings. The van der Waals surface area contributed by atoms with Crippen molar-refractivity contribution in [3.05, 3.63) is 28.2 Å². The van der Waals surface area contributed by atoms with Crippen molar-refractivity contribution in [1.29, 1.82) is 0 Å². The van der Waals surface area contributed by atoms with E-state index in [0.717, 1.165) is 10.0 Å². The normalized spacial score (nSPS) is 16.4. The highest BCUT2D eigenvalue weighted by atomic mass is 79.9. The van der Waals surface area contributed by atoms with Gasteiger partial charge in [0.05, 0.1) is 0 Å². The predicted octanol–water partition coefficient (Wildman–Crippen LogP) is 2.56. The molecule has 1 saturated carbocycles. The van der Waals surface area contributed by atoms with E-state index in [0.29, 0.717) is 18.5 Å². The minimum absolute atomic E-state index is 0.420. The maximum Gasteiger partial charge on any atom is 0.319 e. The van der Waals surface area contributed by atoms with Crippen molar-refractivity contribution in [2.24, 2.45) is 5.41 Å². The number of halogens is 1. The Morgan fingerprint density at radius 2 is 2.06 bits per heavy atom. The van der Waals surface area contributed by atoms with Crippen molar-refractivity contribution in [1.82, 2.24) is 0 Å². The highest BCUT2D eigenvalue weighted by molar-refractivity contribution is 9.10. The zero-order valence-electron chi connectivity index (χ0n) is 9.29. The summed E-state index contributed by atoms with van der Waals surface area (Å²) in [6.07, 6.45) is 0.841. The molecule has 90 valence electrons. The third-order valence-corrected chi connectivity index (χ3v) is 3.52. The van der Waals surface area contributed by atoms with Gasteiger partial charge in [0.1, 0.15) is 5.41 Å². The number of hydrogen-bond donors (Lipinski definition) is 2. The van der Waals surface area contributed by atoms with Gasteiger partial charge in [-0.05, 0) is 43.5 Å². The smallest absolute Gasteiger partial charge is 0.319 e. The van der Waals surface area contributed by atoms with E-state index in [-0.39, 0.29) is 0 Å². The average molecular weight is 298 g/mol. The summed E-state index contributed by atoms with van der Waals surface area (Å²) in [5.74, 6) is -1.46. The summed E-state index contributed by atoms with van der Waals surface area (Å²) in [4.78, 5) is 22.9. The SMILES string of the molecule is Cc1cc(Br)ccc1NC(=O)C1(C(=O)O)CC1. The van der Waals surface area contributed by atoms with E-state index in [1.807, 2.05) is 19.1 Å². The van der Waals surface area contributed by atoms with Gasteiger partial charge in [0.2, 0.25) is 5.91 Å². The second kappa shape index (κ2) is 4.14. The van der Waals surface area contributed by atoms with Crippen LogP contribution >= 0.6 is 15.9 Å². The van der Waals surface area contributed by atoms with E-state index in [9.17, 15) is 9.59 Å². The molecule has 0 atom stereocenters. The van der Waals surface area contributed by atoms with Crippen LogP contribution in [0, 0.1) is 12.3 Å². The van der Waals surface area contributed by atoms with E-state index < -0.39 is 17.3 Å². The molecule has 1 aromatic rings. The molecule has 1 fully saturated rings. The summed E-state index contributed by atoms with van der Waals surface area (Å²) in [7, 11) is 0. The van der Waals surface area contributed by atoms with Crippen LogP contribution in [0.4, 0.5) is 5.69 Å². The van der Waals surface area contributed by atoms with Crippen molar-refractivity contribution in [3.8, 4) is 0 Å². The fourth-order valence-corrected chi connectivity index (χ4v) is 2.15. The standard InChI is InChI=1S/C12H12BrNO3/c1-7-6-8(13)2-3-9(7)14-10(15)12(4-5-12)11(16)17/h2-3,6H,4-5H2,1H3,(H,14,15)(H,16,17). The minimum Gasteiger partial charge on any atom is -0.480 e. The van der Waals surface area contributed by atoms with Gasteiger partial charge in [-0.1, -0.05) is 15.9 Å². The van der Waals surface area contributed by atoms with Crippen LogP contribution in [-0.2, 0) is 9.59 Å². The Morgan fingerprint density at radius 1 is 1.41 bits per heavy atom. The number of carbonyl (C=O) groups is 2. The fraction of sp³-hybridized carbons (Fsp3) is 0.333. The van der Waals surface area contributed by atoms with Crippen LogP contribution in [0.5, 0.6) is 0 Å². The van der Waals surface area contributed by atoms with Crippen molar-refractivity contribution in [2.75, 3.05) is 5.32 Å². The molecule has 4 nitrogen and oxygen atoms in total. The Morgan fingerprint density at radius 3 is 2.53 bits per heavy atom. The maximum atomic E-state index is 11.9. The van der Waals surface area contributed by atoms with Crippen LogP contribution in [0.3, 0.4) is 0 Å². The van der Waals surface area contributed by atoms with Crippen LogP contribution in [0.25, 0.3) is 0 Å². The van der Waals surface area contributed by atoms with Gasteiger partial charge in [-0.25, -0.2) is 0 Å². The highest BCUT2D eigenvalue weighted by Crippen LogP contribution is 2.46. The van der Waals surface area contributed by atoms with E-state index >= 15 is 0 Å². The largest absolute Gasteiger partial charge is 0.480 e. The molecule has 0 unspecified atom stereocenters. The average Bonchev–Trinajstić information content (AvgIpc) is 3.02. The molecule has 2 rings (SSSR count). The quantitative estimate of drug-likeness (QED) is 0.843. The first kappa shape index (κ1) is 12.1. The number of anilines is 1. The lowest BCUT2D eigenvalue weighted by Gasteiger charge is -2.12. The number of carbonyl (C=O) groups excluding carboxylic acids is 1. The molecule has 0 aliphatic heterocycles. The first-order chi connectivity index (χ1) is 7.95. The molecule has 1 amide bonds. The summed E-state index contributed by atoms with van der Waals surface area (Å²) in [6.45, 7) is 1.86. The van der Waals surface area contributed by atoms with Gasteiger partial charge in [0.25, 0.3) is 0 Å². The Kier molecular flexibility index (Phi) is 2.95. The molecular weight excluding hydrogens is 286 g/mol. The van der Waals surface area contributed by atoms with Gasteiger partial charge in [-0.15, -0.1) is 0 Å². The summed E-state index contributed by atoms with van der Waals surface area (Å²) in [5, 5.41) is 11.7. The highest BCUT2D eigenvalue weighted by Gasteiger charge is 2.57. The lowest BCUT2D eigenvalue weighted by molar-refractivity contribution is -0.147. The minimum atomic E-state index is -1.19. The third-order valence-electron chi connectivity index (χ3n) is 3.03. The van der Waals surface area contributed by atoms with E-state index in [4.69, 9.17) is 5.11 Å². The van der Waals surface area contributed by atoms with Crippen LogP contribution in [0.1, 0.15) is 18.4 Å². The van der Waals surface area contributed by atoms with Crippen LogP contribution in [0.2, 0.25) is 0 Å². The molecule has 1 aromatic carbocycles. The maximum absolute atomic E-state index is 11.9. The second-order valence-corrected chi connectivity index (χ2v) is 5.22. The summed E-state index contributed by atoms with van der Waals surface area (Å²) >= 11 is 3.33. The van der Waals surface area contributed by atoms with Crippen molar-refractivity contribution >= 4 is 33.5 Å². The first-order valence-electron chi connectivity index (χ1n) is 5.27. The third kappa shape index (κ3) is 2.20. The summed E-state index contributed by atoms with van der Waals surface area (Å²) in [5.41, 5.74) is 0.360. The van der Waals surface area contributed by atoms with Crippen molar-refractivity contribution < 1.29 is 14.7 Å².